The summed E-state index contributed by atoms with van der Waals surface area (Å²) in [5.41, 5.74) is 0.667. The average molecular weight is 251 g/mol. The van der Waals surface area contributed by atoms with Crippen LogP contribution in [0.1, 0.15) is 17.3 Å². The van der Waals surface area contributed by atoms with Crippen LogP contribution in [0.25, 0.3) is 0 Å². The first-order chi connectivity index (χ1) is 8.09. The van der Waals surface area contributed by atoms with E-state index in [2.05, 4.69) is 16.9 Å². The molecule has 0 bridgehead atoms. The summed E-state index contributed by atoms with van der Waals surface area (Å²) in [7, 11) is 0. The zero-order chi connectivity index (χ0) is 12.4. The van der Waals surface area contributed by atoms with Crippen LogP contribution in [0.4, 0.5) is 0 Å². The van der Waals surface area contributed by atoms with Gasteiger partial charge in [-0.3, -0.25) is 14.2 Å². The number of rotatable bonds is 3. The summed E-state index contributed by atoms with van der Waals surface area (Å²) in [6.45, 7) is 6.48. The molecule has 0 aromatic carbocycles. The topological polar surface area (TPSA) is 64.0 Å². The minimum Gasteiger partial charge on any atom is -0.348 e. The number of thioether (sulfide) groups is 1. The molecular weight excluding hydrogens is 238 g/mol. The number of nitrogens with zero attached hydrogens (tertiary/aromatic N) is 2. The van der Waals surface area contributed by atoms with Crippen LogP contribution in [0.3, 0.4) is 0 Å². The Morgan fingerprint density at radius 2 is 2.47 bits per heavy atom. The second-order valence-corrected chi connectivity index (χ2v) is 4.96. The Hall–Kier alpha value is -1.56. The molecule has 1 aliphatic heterocycles. The lowest BCUT2D eigenvalue weighted by atomic mass is 10.3. The van der Waals surface area contributed by atoms with Crippen molar-refractivity contribution in [3.63, 3.8) is 0 Å². The molecule has 0 radical (unpaired) electrons. The molecule has 5 nitrogen and oxygen atoms in total. The van der Waals surface area contributed by atoms with Crippen molar-refractivity contribution >= 4 is 17.7 Å². The lowest BCUT2D eigenvalue weighted by Crippen LogP contribution is -2.34. The fourth-order valence-electron chi connectivity index (χ4n) is 1.50. The predicted molar refractivity (Wildman–Crippen MR) is 66.4 cm³/mol. The number of hydrogen-bond donors (Lipinski definition) is 1. The zero-order valence-electron chi connectivity index (χ0n) is 9.52. The van der Waals surface area contributed by atoms with Gasteiger partial charge in [0.05, 0.1) is 0 Å². The van der Waals surface area contributed by atoms with E-state index in [0.717, 1.165) is 11.3 Å². The Morgan fingerprint density at radius 3 is 3.18 bits per heavy atom. The van der Waals surface area contributed by atoms with Crippen LogP contribution in [0.2, 0.25) is 0 Å². The van der Waals surface area contributed by atoms with E-state index in [1.807, 2.05) is 6.92 Å². The van der Waals surface area contributed by atoms with Crippen molar-refractivity contribution in [2.24, 2.45) is 0 Å². The molecular formula is C11H13N3O2S. The smallest absolute Gasteiger partial charge is 0.267 e. The van der Waals surface area contributed by atoms with E-state index in [9.17, 15) is 9.59 Å². The molecule has 6 heteroatoms. The largest absolute Gasteiger partial charge is 0.348 e. The Labute approximate surface area is 103 Å². The molecule has 1 aromatic rings. The van der Waals surface area contributed by atoms with E-state index in [0.29, 0.717) is 18.2 Å². The SMILES string of the molecule is C=C(C)CNC(=O)c1cnc2n(c1=O)CCS2. The number of carbonyl (C=O) groups excluding carboxylic acids is 1. The van der Waals surface area contributed by atoms with Gasteiger partial charge in [0.25, 0.3) is 11.5 Å². The van der Waals surface area contributed by atoms with Gasteiger partial charge in [-0.2, -0.15) is 0 Å². The van der Waals surface area contributed by atoms with Gasteiger partial charge < -0.3 is 5.32 Å². The van der Waals surface area contributed by atoms with Crippen molar-refractivity contribution in [1.29, 1.82) is 0 Å². The molecule has 2 heterocycles. The summed E-state index contributed by atoms with van der Waals surface area (Å²) >= 11 is 1.53. The van der Waals surface area contributed by atoms with E-state index in [-0.39, 0.29) is 11.1 Å². The number of amides is 1. The van der Waals surface area contributed by atoms with Crippen LogP contribution < -0.4 is 10.9 Å². The zero-order valence-corrected chi connectivity index (χ0v) is 10.3. The van der Waals surface area contributed by atoms with Crippen LogP contribution in [0, 0.1) is 0 Å². The van der Waals surface area contributed by atoms with Crippen molar-refractivity contribution in [3.05, 3.63) is 34.3 Å². The molecule has 0 unspecified atom stereocenters. The first-order valence-corrected chi connectivity index (χ1v) is 6.23. The van der Waals surface area contributed by atoms with Gasteiger partial charge in [0.15, 0.2) is 5.16 Å². The number of hydrogen-bond acceptors (Lipinski definition) is 4. The highest BCUT2D eigenvalue weighted by Gasteiger charge is 2.19. The second-order valence-electron chi connectivity index (χ2n) is 3.90. The van der Waals surface area contributed by atoms with E-state index >= 15 is 0 Å². The number of nitrogens with one attached hydrogen (secondary N) is 1. The first kappa shape index (κ1) is 11.9. The quantitative estimate of drug-likeness (QED) is 0.633. The molecule has 17 heavy (non-hydrogen) atoms. The van der Waals surface area contributed by atoms with Gasteiger partial charge in [0, 0.05) is 25.0 Å². The fraction of sp³-hybridized carbons (Fsp3) is 0.364. The van der Waals surface area contributed by atoms with Crippen LogP contribution >= 0.6 is 11.8 Å². The summed E-state index contributed by atoms with van der Waals surface area (Å²) in [5, 5.41) is 3.32. The minimum absolute atomic E-state index is 0.0949. The maximum atomic E-state index is 12.0. The Kier molecular flexibility index (Phi) is 3.33. The Bertz CT molecular complexity index is 536. The molecule has 0 fully saturated rings. The van der Waals surface area contributed by atoms with Crippen molar-refractivity contribution in [2.75, 3.05) is 12.3 Å². The number of carbonyl (C=O) groups is 1. The summed E-state index contributed by atoms with van der Waals surface area (Å²) in [6.07, 6.45) is 1.35. The summed E-state index contributed by atoms with van der Waals surface area (Å²) < 4.78 is 1.54. The lowest BCUT2D eigenvalue weighted by Gasteiger charge is -2.06. The Morgan fingerprint density at radius 1 is 1.71 bits per heavy atom. The van der Waals surface area contributed by atoms with E-state index in [1.165, 1.54) is 18.0 Å². The first-order valence-electron chi connectivity index (χ1n) is 5.25. The molecule has 1 aromatic heterocycles. The van der Waals surface area contributed by atoms with E-state index < -0.39 is 5.91 Å². The molecule has 1 aliphatic rings. The highest BCUT2D eigenvalue weighted by atomic mass is 32.2. The molecule has 90 valence electrons. The second kappa shape index (κ2) is 4.75. The third-order valence-corrected chi connectivity index (χ3v) is 3.32. The maximum absolute atomic E-state index is 12.0. The molecule has 0 saturated carbocycles. The van der Waals surface area contributed by atoms with Gasteiger partial charge in [0.2, 0.25) is 0 Å². The van der Waals surface area contributed by atoms with Crippen molar-refractivity contribution in [3.8, 4) is 0 Å². The number of fused-ring (bicyclic) bond motifs is 1. The molecule has 0 atom stereocenters. The van der Waals surface area contributed by atoms with Gasteiger partial charge in [-0.15, -0.1) is 0 Å². The molecule has 2 rings (SSSR count). The maximum Gasteiger partial charge on any atom is 0.267 e. The van der Waals surface area contributed by atoms with Crippen LogP contribution in [0.5, 0.6) is 0 Å². The van der Waals surface area contributed by atoms with E-state index in [1.54, 1.807) is 4.57 Å². The molecule has 1 N–H and O–H groups in total. The average Bonchev–Trinajstić information content (AvgIpc) is 2.75. The van der Waals surface area contributed by atoms with Gasteiger partial charge in [-0.25, -0.2) is 4.98 Å². The number of aromatic nitrogens is 2. The minimum atomic E-state index is -0.391. The van der Waals surface area contributed by atoms with Crippen molar-refractivity contribution < 1.29 is 4.79 Å². The van der Waals surface area contributed by atoms with E-state index in [4.69, 9.17) is 0 Å². The third kappa shape index (κ3) is 2.41. The highest BCUT2D eigenvalue weighted by Crippen LogP contribution is 2.20. The van der Waals surface area contributed by atoms with Gasteiger partial charge >= 0.3 is 0 Å². The van der Waals surface area contributed by atoms with Crippen molar-refractivity contribution in [2.45, 2.75) is 18.6 Å². The highest BCUT2D eigenvalue weighted by molar-refractivity contribution is 7.99. The summed E-state index contributed by atoms with van der Waals surface area (Å²) in [5.74, 6) is 0.441. The third-order valence-electron chi connectivity index (χ3n) is 2.35. The van der Waals surface area contributed by atoms with Crippen molar-refractivity contribution in [1.82, 2.24) is 14.9 Å². The van der Waals surface area contributed by atoms with Crippen LogP contribution in [0.15, 0.2) is 28.3 Å². The predicted octanol–water partition coefficient (Wildman–Crippen LogP) is 0.655. The molecule has 0 saturated heterocycles. The fourth-order valence-corrected chi connectivity index (χ4v) is 2.41. The molecule has 0 spiro atoms. The monoisotopic (exact) mass is 251 g/mol. The van der Waals surface area contributed by atoms with Gasteiger partial charge in [-0.1, -0.05) is 23.9 Å². The van der Waals surface area contributed by atoms with Crippen LogP contribution in [-0.2, 0) is 6.54 Å². The van der Waals surface area contributed by atoms with Gasteiger partial charge in [-0.05, 0) is 6.92 Å². The lowest BCUT2D eigenvalue weighted by molar-refractivity contribution is 0.0954. The standard InChI is InChI=1S/C11H13N3O2S/c1-7(2)5-12-9(15)8-6-13-11-14(10(8)16)3-4-17-11/h6H,1,3-5H2,2H3,(H,12,15). The van der Waals surface area contributed by atoms with Gasteiger partial charge in [0.1, 0.15) is 5.56 Å². The molecule has 0 aliphatic carbocycles. The molecule has 1 amide bonds. The van der Waals surface area contributed by atoms with Crippen LogP contribution in [-0.4, -0.2) is 27.8 Å². The summed E-state index contributed by atoms with van der Waals surface area (Å²) in [4.78, 5) is 27.8. The Balaban J connectivity index is 2.25. The summed E-state index contributed by atoms with van der Waals surface area (Å²) in [6, 6.07) is 0. The normalized spacial score (nSPS) is 13.2.